The summed E-state index contributed by atoms with van der Waals surface area (Å²) in [5.74, 6) is -0.569. The first-order valence-corrected chi connectivity index (χ1v) is 16.0. The minimum absolute atomic E-state index is 0.0606. The molecule has 10 heteroatoms. The molecule has 0 bridgehead atoms. The molecule has 1 N–H and O–H groups in total. The van der Waals surface area contributed by atoms with Gasteiger partial charge in [0.1, 0.15) is 18.3 Å². The fraction of sp³-hybridized carbons (Fsp3) is 0.464. The third-order valence-electron chi connectivity index (χ3n) is 7.90. The van der Waals surface area contributed by atoms with E-state index < -0.39 is 20.4 Å². The summed E-state index contributed by atoms with van der Waals surface area (Å²) in [5, 5.41) is 8.10. The maximum atomic E-state index is 13.3. The number of hydrogen-bond donors (Lipinski definition) is 1. The second kappa shape index (κ2) is 9.50. The van der Waals surface area contributed by atoms with Crippen molar-refractivity contribution in [1.29, 1.82) is 0 Å². The lowest BCUT2D eigenvalue weighted by Gasteiger charge is -2.39. The first-order valence-electron chi connectivity index (χ1n) is 13.1. The molecule has 1 amide bonds. The van der Waals surface area contributed by atoms with Gasteiger partial charge in [-0.15, -0.1) is 0 Å². The third-order valence-corrected chi connectivity index (χ3v) is 12.4. The number of amides is 1. The molecule has 8 nitrogen and oxygen atoms in total. The SMILES string of the molecule is CC[C@H](O[Si](C)(C)C(C)(C)C)c1cc(C)c(-c2cc3cnc(NC(=O)C4CC4F)cc3n3ncnc23)cn1. The van der Waals surface area contributed by atoms with E-state index in [0.29, 0.717) is 11.5 Å². The van der Waals surface area contributed by atoms with E-state index in [1.54, 1.807) is 16.8 Å². The Balaban J connectivity index is 1.49. The van der Waals surface area contributed by atoms with Crippen LogP contribution in [0.4, 0.5) is 10.2 Å². The summed E-state index contributed by atoms with van der Waals surface area (Å²) >= 11 is 0. The maximum Gasteiger partial charge on any atom is 0.231 e. The number of rotatable bonds is 7. The molecule has 1 fully saturated rings. The number of nitrogens with one attached hydrogen (secondary N) is 1. The molecule has 200 valence electrons. The Morgan fingerprint density at radius 1 is 1.18 bits per heavy atom. The van der Waals surface area contributed by atoms with Crippen LogP contribution in [-0.4, -0.2) is 45.0 Å². The van der Waals surface area contributed by atoms with Crippen LogP contribution in [0.5, 0.6) is 0 Å². The van der Waals surface area contributed by atoms with Gasteiger partial charge >= 0.3 is 0 Å². The average Bonchev–Trinajstić information content (AvgIpc) is 3.38. The van der Waals surface area contributed by atoms with Gasteiger partial charge in [-0.1, -0.05) is 27.7 Å². The Labute approximate surface area is 223 Å². The number of carbonyl (C=O) groups is 1. The summed E-state index contributed by atoms with van der Waals surface area (Å²) in [7, 11) is -1.96. The zero-order chi connectivity index (χ0) is 27.4. The Kier molecular flexibility index (Phi) is 6.59. The van der Waals surface area contributed by atoms with E-state index in [-0.39, 0.29) is 23.5 Å². The summed E-state index contributed by atoms with van der Waals surface area (Å²) < 4.78 is 21.7. The van der Waals surface area contributed by atoms with Gasteiger partial charge in [-0.05, 0) is 55.6 Å². The molecular weight excluding hydrogens is 499 g/mol. The van der Waals surface area contributed by atoms with Crippen molar-refractivity contribution in [2.24, 2.45) is 5.92 Å². The molecule has 2 unspecified atom stereocenters. The minimum atomic E-state index is -1.96. The Morgan fingerprint density at radius 3 is 2.55 bits per heavy atom. The molecule has 0 aromatic carbocycles. The van der Waals surface area contributed by atoms with Crippen molar-refractivity contribution < 1.29 is 13.6 Å². The van der Waals surface area contributed by atoms with Crippen molar-refractivity contribution in [2.45, 2.75) is 77.9 Å². The van der Waals surface area contributed by atoms with Crippen molar-refractivity contribution >= 4 is 36.6 Å². The van der Waals surface area contributed by atoms with Crippen LogP contribution in [0.3, 0.4) is 0 Å². The Bertz CT molecular complexity index is 1530. The van der Waals surface area contributed by atoms with Crippen LogP contribution in [0, 0.1) is 12.8 Å². The lowest BCUT2D eigenvalue weighted by atomic mass is 10.0. The molecule has 0 aliphatic heterocycles. The zero-order valence-electron chi connectivity index (χ0n) is 23.0. The topological polar surface area (TPSA) is 94.3 Å². The molecule has 4 heterocycles. The predicted octanol–water partition coefficient (Wildman–Crippen LogP) is 6.42. The van der Waals surface area contributed by atoms with Crippen molar-refractivity contribution in [1.82, 2.24) is 24.6 Å². The lowest BCUT2D eigenvalue weighted by Crippen LogP contribution is -2.41. The van der Waals surface area contributed by atoms with Gasteiger partial charge in [0.05, 0.1) is 23.2 Å². The summed E-state index contributed by atoms with van der Waals surface area (Å²) in [6.07, 6.45) is 5.08. The largest absolute Gasteiger partial charge is 0.408 e. The van der Waals surface area contributed by atoms with E-state index in [2.05, 4.69) is 74.2 Å². The van der Waals surface area contributed by atoms with E-state index in [1.807, 2.05) is 12.3 Å². The Morgan fingerprint density at radius 2 is 1.92 bits per heavy atom. The van der Waals surface area contributed by atoms with Crippen molar-refractivity contribution in [3.8, 4) is 11.1 Å². The molecule has 1 aliphatic carbocycles. The van der Waals surface area contributed by atoms with Gasteiger partial charge in [-0.2, -0.15) is 5.10 Å². The molecule has 3 atom stereocenters. The fourth-order valence-electron chi connectivity index (χ4n) is 4.41. The van der Waals surface area contributed by atoms with Crippen LogP contribution in [0.25, 0.3) is 27.7 Å². The quantitative estimate of drug-likeness (QED) is 0.275. The number of aromatic nitrogens is 5. The monoisotopic (exact) mass is 534 g/mol. The number of nitrogens with zero attached hydrogens (tertiary/aromatic N) is 5. The van der Waals surface area contributed by atoms with Crippen molar-refractivity contribution in [2.75, 3.05) is 5.32 Å². The zero-order valence-corrected chi connectivity index (χ0v) is 24.0. The molecule has 5 rings (SSSR count). The second-order valence-electron chi connectivity index (χ2n) is 11.7. The van der Waals surface area contributed by atoms with Gasteiger partial charge in [-0.3, -0.25) is 9.78 Å². The van der Waals surface area contributed by atoms with E-state index in [0.717, 1.165) is 39.7 Å². The molecule has 0 spiro atoms. The molecule has 1 saturated carbocycles. The third kappa shape index (κ3) is 4.82. The highest BCUT2D eigenvalue weighted by molar-refractivity contribution is 6.74. The summed E-state index contributed by atoms with van der Waals surface area (Å²) in [6.45, 7) is 15.5. The Hall–Kier alpha value is -3.24. The van der Waals surface area contributed by atoms with Crippen molar-refractivity contribution in [3.63, 3.8) is 0 Å². The molecule has 1 aliphatic rings. The van der Waals surface area contributed by atoms with E-state index in [1.165, 1.54) is 6.33 Å². The summed E-state index contributed by atoms with van der Waals surface area (Å²) in [5.41, 5.74) is 5.27. The van der Waals surface area contributed by atoms with Crippen LogP contribution in [-0.2, 0) is 9.22 Å². The minimum Gasteiger partial charge on any atom is -0.408 e. The van der Waals surface area contributed by atoms with Gasteiger partial charge in [0, 0.05) is 35.0 Å². The first kappa shape index (κ1) is 26.4. The number of carbonyl (C=O) groups excluding carboxylic acids is 1. The number of fused-ring (bicyclic) bond motifs is 3. The second-order valence-corrected chi connectivity index (χ2v) is 16.5. The number of anilines is 1. The number of halogens is 1. The number of alkyl halides is 1. The number of pyridine rings is 3. The average molecular weight is 535 g/mol. The molecular formula is C28H35FN6O2Si. The van der Waals surface area contributed by atoms with E-state index in [9.17, 15) is 9.18 Å². The van der Waals surface area contributed by atoms with E-state index >= 15 is 0 Å². The van der Waals surface area contributed by atoms with Gasteiger partial charge in [0.15, 0.2) is 14.0 Å². The molecule has 4 aromatic heterocycles. The molecule has 0 radical (unpaired) electrons. The highest BCUT2D eigenvalue weighted by atomic mass is 28.4. The highest BCUT2D eigenvalue weighted by Crippen LogP contribution is 2.41. The van der Waals surface area contributed by atoms with Crippen LogP contribution < -0.4 is 5.32 Å². The smallest absolute Gasteiger partial charge is 0.231 e. The first-order chi connectivity index (χ1) is 17.9. The highest BCUT2D eigenvalue weighted by Gasteiger charge is 2.43. The van der Waals surface area contributed by atoms with Gasteiger partial charge in [0.2, 0.25) is 5.91 Å². The maximum absolute atomic E-state index is 13.3. The van der Waals surface area contributed by atoms with Crippen LogP contribution >= 0.6 is 0 Å². The summed E-state index contributed by atoms with van der Waals surface area (Å²) in [6, 6.07) is 5.87. The van der Waals surface area contributed by atoms with Gasteiger partial charge < -0.3 is 9.74 Å². The van der Waals surface area contributed by atoms with Crippen LogP contribution in [0.1, 0.15) is 57.9 Å². The number of hydrogen-bond acceptors (Lipinski definition) is 6. The normalized spacial score (nSPS) is 18.6. The fourth-order valence-corrected chi connectivity index (χ4v) is 5.77. The predicted molar refractivity (Wildman–Crippen MR) is 149 cm³/mol. The van der Waals surface area contributed by atoms with Gasteiger partial charge in [-0.25, -0.2) is 18.9 Å². The molecule has 0 saturated heterocycles. The lowest BCUT2D eigenvalue weighted by molar-refractivity contribution is -0.117. The molecule has 38 heavy (non-hydrogen) atoms. The summed E-state index contributed by atoms with van der Waals surface area (Å²) in [4.78, 5) is 26.0. The standard InChI is InChI=1S/C28H35FN6O2Si/c1-8-24(37-38(6,7)28(3,4)5)22-9-16(2)20(14-30-22)18-10-17-13-31-25(34-27(36)19-11-21(19)29)12-23(17)35-26(18)32-15-33-35/h9-10,12-15,19,21,24H,8,11H2,1-7H3,(H,31,34,36)/t19?,21?,24-/m0/s1. The van der Waals surface area contributed by atoms with E-state index in [4.69, 9.17) is 9.41 Å². The van der Waals surface area contributed by atoms with Crippen molar-refractivity contribution in [3.05, 3.63) is 48.2 Å². The van der Waals surface area contributed by atoms with Crippen LogP contribution in [0.2, 0.25) is 18.1 Å². The van der Waals surface area contributed by atoms with Crippen LogP contribution in [0.15, 0.2) is 36.9 Å². The molecule has 4 aromatic rings. The number of aryl methyl sites for hydroxylation is 1. The van der Waals surface area contributed by atoms with Gasteiger partial charge in [0.25, 0.3) is 0 Å².